The van der Waals surface area contributed by atoms with Crippen LogP contribution in [0.25, 0.3) is 11.0 Å². The molecule has 0 bridgehead atoms. The summed E-state index contributed by atoms with van der Waals surface area (Å²) in [7, 11) is 0. The Morgan fingerprint density at radius 1 is 1.02 bits per heavy atom. The number of hydrogen-bond donors (Lipinski definition) is 3. The van der Waals surface area contributed by atoms with Crippen molar-refractivity contribution in [2.45, 2.75) is 18.8 Å². The Balaban J connectivity index is 1.18. The molecule has 0 atom stereocenters. The molecule has 3 N–H and O–H groups in total. The van der Waals surface area contributed by atoms with E-state index in [1.807, 2.05) is 6.20 Å². The Morgan fingerprint density at radius 3 is 2.63 bits per heavy atom. The number of benzene rings is 1. The predicted octanol–water partition coefficient (Wildman–Crippen LogP) is 5.45. The van der Waals surface area contributed by atoms with E-state index in [1.165, 1.54) is 18.5 Å². The molecule has 1 amide bonds. The zero-order chi connectivity index (χ0) is 28.2. The zero-order valence-electron chi connectivity index (χ0n) is 21.9. The highest BCUT2D eigenvalue weighted by atomic mass is 19.1. The highest BCUT2D eigenvalue weighted by Gasteiger charge is 2.26. The van der Waals surface area contributed by atoms with Gasteiger partial charge in [-0.05, 0) is 48.6 Å². The molecule has 1 fully saturated rings. The normalized spacial score (nSPS) is 13.6. The first kappa shape index (κ1) is 25.9. The number of aromatic amines is 1. The highest BCUT2D eigenvalue weighted by Crippen LogP contribution is 2.37. The van der Waals surface area contributed by atoms with Gasteiger partial charge in [0.05, 0.1) is 17.3 Å². The third-order valence-electron chi connectivity index (χ3n) is 6.90. The van der Waals surface area contributed by atoms with Crippen LogP contribution in [-0.4, -0.2) is 53.8 Å². The Morgan fingerprint density at radius 2 is 1.85 bits per heavy atom. The molecule has 1 aliphatic rings. The second kappa shape index (κ2) is 11.4. The van der Waals surface area contributed by atoms with Gasteiger partial charge in [0.15, 0.2) is 0 Å². The molecule has 12 heteroatoms. The van der Waals surface area contributed by atoms with Crippen molar-refractivity contribution in [2.24, 2.45) is 0 Å². The third-order valence-corrected chi connectivity index (χ3v) is 6.90. The van der Waals surface area contributed by atoms with E-state index in [0.29, 0.717) is 47.7 Å². The van der Waals surface area contributed by atoms with Crippen molar-refractivity contribution in [3.8, 4) is 11.5 Å². The number of anilines is 4. The third kappa shape index (κ3) is 5.66. The maximum absolute atomic E-state index is 15.3. The van der Waals surface area contributed by atoms with Crippen LogP contribution in [0.4, 0.5) is 27.5 Å². The fourth-order valence-corrected chi connectivity index (χ4v) is 4.91. The Hall–Kier alpha value is -5.39. The molecule has 11 nitrogen and oxygen atoms in total. The second-order valence-electron chi connectivity index (χ2n) is 9.45. The van der Waals surface area contributed by atoms with Crippen LogP contribution in [0.3, 0.4) is 0 Å². The number of rotatable bonds is 8. The van der Waals surface area contributed by atoms with E-state index in [2.05, 4.69) is 47.1 Å². The molecule has 0 saturated carbocycles. The number of H-pyrrole nitrogens is 1. The summed E-state index contributed by atoms with van der Waals surface area (Å²) < 4.78 is 21.1. The number of aromatic nitrogens is 6. The lowest BCUT2D eigenvalue weighted by atomic mass is 9.89. The number of halogens is 1. The topological polar surface area (TPSA) is 134 Å². The van der Waals surface area contributed by atoms with Gasteiger partial charge in [-0.1, -0.05) is 6.58 Å². The maximum Gasteiger partial charge on any atom is 0.245 e. The van der Waals surface area contributed by atoms with Gasteiger partial charge in [0.2, 0.25) is 5.91 Å². The van der Waals surface area contributed by atoms with Crippen molar-refractivity contribution in [3.63, 3.8) is 0 Å². The minimum Gasteiger partial charge on any atom is -0.457 e. The summed E-state index contributed by atoms with van der Waals surface area (Å²) in [5.41, 5.74) is 1.94. The predicted molar refractivity (Wildman–Crippen MR) is 152 cm³/mol. The van der Waals surface area contributed by atoms with E-state index < -0.39 is 5.82 Å². The van der Waals surface area contributed by atoms with Gasteiger partial charge in [0.25, 0.3) is 0 Å². The summed E-state index contributed by atoms with van der Waals surface area (Å²) in [5.74, 6) is 1.98. The van der Waals surface area contributed by atoms with Crippen molar-refractivity contribution in [3.05, 3.63) is 91.7 Å². The van der Waals surface area contributed by atoms with Crippen molar-refractivity contribution < 1.29 is 13.9 Å². The van der Waals surface area contributed by atoms with Gasteiger partial charge in [-0.2, -0.15) is 0 Å². The number of fused-ring (bicyclic) bond motifs is 1. The van der Waals surface area contributed by atoms with Gasteiger partial charge in [0.1, 0.15) is 46.7 Å². The fraction of sp³-hybridized carbons (Fsp3) is 0.172. The molecule has 0 aliphatic carbocycles. The SMILES string of the molecule is C=CC(=O)N1CCC(c2c[nH]c3ncnc(Nc4ccc(Oc5ccnc(Nc6cnccn6)c5)cc4F)c23)CC1. The van der Waals surface area contributed by atoms with Crippen molar-refractivity contribution in [1.82, 2.24) is 34.8 Å². The molecule has 0 spiro atoms. The van der Waals surface area contributed by atoms with Gasteiger partial charge < -0.3 is 25.3 Å². The van der Waals surface area contributed by atoms with E-state index in [1.54, 1.807) is 54.0 Å². The van der Waals surface area contributed by atoms with Gasteiger partial charge in [0, 0.05) is 50.0 Å². The van der Waals surface area contributed by atoms with Crippen LogP contribution >= 0.6 is 0 Å². The molecule has 41 heavy (non-hydrogen) atoms. The average Bonchev–Trinajstić information content (AvgIpc) is 3.44. The molecule has 0 radical (unpaired) electrons. The number of piperidine rings is 1. The van der Waals surface area contributed by atoms with Crippen LogP contribution < -0.4 is 15.4 Å². The molecule has 206 valence electrons. The molecule has 1 aromatic carbocycles. The number of nitrogens with zero attached hydrogens (tertiary/aromatic N) is 6. The Kier molecular flexibility index (Phi) is 7.18. The highest BCUT2D eigenvalue weighted by molar-refractivity contribution is 5.92. The van der Waals surface area contributed by atoms with E-state index in [9.17, 15) is 4.79 Å². The minimum atomic E-state index is -0.505. The van der Waals surface area contributed by atoms with Gasteiger partial charge in [-0.25, -0.2) is 24.3 Å². The maximum atomic E-state index is 15.3. The summed E-state index contributed by atoms with van der Waals surface area (Å²) in [5, 5.41) is 6.98. The number of likely N-dealkylation sites (tertiary alicyclic amines) is 1. The largest absolute Gasteiger partial charge is 0.457 e. The number of carbonyl (C=O) groups excluding carboxylic acids is 1. The zero-order valence-corrected chi connectivity index (χ0v) is 21.9. The van der Waals surface area contributed by atoms with E-state index in [0.717, 1.165) is 23.8 Å². The van der Waals surface area contributed by atoms with Crippen LogP contribution in [0.1, 0.15) is 24.3 Å². The summed E-state index contributed by atoms with van der Waals surface area (Å²) in [4.78, 5) is 38.2. The first-order chi connectivity index (χ1) is 20.1. The molecular formula is C29H26FN9O2. The number of pyridine rings is 1. The molecule has 1 aliphatic heterocycles. The molecule has 0 unspecified atom stereocenters. The molecule has 5 heterocycles. The average molecular weight is 552 g/mol. The van der Waals surface area contributed by atoms with Crippen LogP contribution in [0.5, 0.6) is 11.5 Å². The Labute approximate surface area is 234 Å². The van der Waals surface area contributed by atoms with Crippen LogP contribution in [0.2, 0.25) is 0 Å². The standard InChI is InChI=1S/C29H26FN9O2/c1-2-26(40)39-11-6-18(7-12-39)21-15-34-28-27(21)29(36-17-35-28)37-23-4-3-19(13-22(23)30)41-20-5-8-32-24(14-20)38-25-16-31-9-10-33-25/h2-5,8-10,13-18H,1,6-7,11-12H2,(H,32,33,38)(H2,34,35,36,37). The van der Waals surface area contributed by atoms with Gasteiger partial charge >= 0.3 is 0 Å². The number of ether oxygens (including phenoxy) is 1. The van der Waals surface area contributed by atoms with Gasteiger partial charge in [-0.3, -0.25) is 9.78 Å². The van der Waals surface area contributed by atoms with Crippen molar-refractivity contribution >= 4 is 40.1 Å². The van der Waals surface area contributed by atoms with Crippen molar-refractivity contribution in [1.29, 1.82) is 0 Å². The lowest BCUT2D eigenvalue weighted by Crippen LogP contribution is -2.36. The van der Waals surface area contributed by atoms with Crippen LogP contribution in [0, 0.1) is 5.82 Å². The lowest BCUT2D eigenvalue weighted by molar-refractivity contribution is -0.127. The van der Waals surface area contributed by atoms with Crippen molar-refractivity contribution in [2.75, 3.05) is 23.7 Å². The molecule has 4 aromatic heterocycles. The van der Waals surface area contributed by atoms with E-state index in [4.69, 9.17) is 4.74 Å². The van der Waals surface area contributed by atoms with E-state index in [-0.39, 0.29) is 17.5 Å². The summed E-state index contributed by atoms with van der Waals surface area (Å²) in [6, 6.07) is 7.94. The molecule has 5 aromatic rings. The fourth-order valence-electron chi connectivity index (χ4n) is 4.91. The first-order valence-electron chi connectivity index (χ1n) is 13.0. The molecule has 1 saturated heterocycles. The number of amides is 1. The monoisotopic (exact) mass is 551 g/mol. The quantitative estimate of drug-likeness (QED) is 0.215. The van der Waals surface area contributed by atoms with E-state index >= 15 is 4.39 Å². The Bertz CT molecular complexity index is 1700. The number of nitrogens with one attached hydrogen (secondary N) is 3. The first-order valence-corrected chi connectivity index (χ1v) is 13.0. The second-order valence-corrected chi connectivity index (χ2v) is 9.45. The summed E-state index contributed by atoms with van der Waals surface area (Å²) in [6.07, 6.45) is 12.6. The molecule has 6 rings (SSSR count). The van der Waals surface area contributed by atoms with Crippen LogP contribution in [-0.2, 0) is 4.79 Å². The summed E-state index contributed by atoms with van der Waals surface area (Å²) >= 11 is 0. The number of carbonyl (C=O) groups is 1. The number of hydrogen-bond acceptors (Lipinski definition) is 9. The lowest BCUT2D eigenvalue weighted by Gasteiger charge is -2.31. The van der Waals surface area contributed by atoms with Crippen LogP contribution in [0.15, 0.2) is 80.3 Å². The van der Waals surface area contributed by atoms with Gasteiger partial charge in [-0.15, -0.1) is 0 Å². The molecular weight excluding hydrogens is 525 g/mol. The minimum absolute atomic E-state index is 0.0564. The smallest absolute Gasteiger partial charge is 0.245 e. The summed E-state index contributed by atoms with van der Waals surface area (Å²) in [6.45, 7) is 4.87.